The number of unbranched alkanes of at least 4 members (excludes halogenated alkanes) is 3. The molecule has 130 valence electrons. The molecule has 2 amide bonds. The van der Waals surface area contributed by atoms with Crippen LogP contribution in [0.2, 0.25) is 0 Å². The van der Waals surface area contributed by atoms with Crippen molar-refractivity contribution in [3.8, 4) is 0 Å². The number of rotatable bonds is 8. The topological polar surface area (TPSA) is 84.2 Å². The Morgan fingerprint density at radius 3 is 2.04 bits per heavy atom. The molecule has 0 aliphatic carbocycles. The Balaban J connectivity index is 0.00000484. The molecule has 0 aliphatic rings. The molecule has 0 aliphatic heterocycles. The fourth-order valence-electron chi connectivity index (χ4n) is 1.94. The lowest BCUT2D eigenvalue weighted by molar-refractivity contribution is -0.116. The van der Waals surface area contributed by atoms with Gasteiger partial charge < -0.3 is 16.4 Å². The highest BCUT2D eigenvalue weighted by Crippen LogP contribution is 2.25. The number of hydrogen-bond acceptors (Lipinski definition) is 3. The van der Waals surface area contributed by atoms with Gasteiger partial charge in [0, 0.05) is 25.5 Å². The van der Waals surface area contributed by atoms with E-state index in [1.807, 2.05) is 0 Å². The zero-order valence-corrected chi connectivity index (χ0v) is 13.8. The predicted molar refractivity (Wildman–Crippen MR) is 88.7 cm³/mol. The monoisotopic (exact) mass is 349 g/mol. The molecule has 0 heterocycles. The Labute approximate surface area is 140 Å². The lowest BCUT2D eigenvalue weighted by atomic mass is 10.1. The van der Waals surface area contributed by atoms with Gasteiger partial charge in [-0.3, -0.25) is 9.59 Å². The molecule has 1 aromatic carbocycles. The Kier molecular flexibility index (Phi) is 10.1. The van der Waals surface area contributed by atoms with E-state index in [1.165, 1.54) is 6.92 Å². The molecule has 1 rings (SSSR count). The zero-order chi connectivity index (χ0) is 16.5. The summed E-state index contributed by atoms with van der Waals surface area (Å²) in [6, 6.07) is 1.69. The second kappa shape index (κ2) is 10.9. The minimum absolute atomic E-state index is 0. The molecule has 0 bridgehead atoms. The molecule has 0 saturated carbocycles. The summed E-state index contributed by atoms with van der Waals surface area (Å²) >= 11 is 0. The first-order valence-electron chi connectivity index (χ1n) is 7.20. The van der Waals surface area contributed by atoms with Gasteiger partial charge in [0.15, 0.2) is 11.6 Å². The van der Waals surface area contributed by atoms with Gasteiger partial charge in [-0.25, -0.2) is 8.78 Å². The first-order valence-corrected chi connectivity index (χ1v) is 7.20. The molecule has 23 heavy (non-hydrogen) atoms. The smallest absolute Gasteiger partial charge is 0.224 e. The fourth-order valence-corrected chi connectivity index (χ4v) is 1.94. The number of amides is 2. The van der Waals surface area contributed by atoms with Crippen molar-refractivity contribution in [2.24, 2.45) is 5.73 Å². The average molecular weight is 350 g/mol. The van der Waals surface area contributed by atoms with Crippen molar-refractivity contribution in [2.45, 2.75) is 39.0 Å². The highest BCUT2D eigenvalue weighted by Gasteiger charge is 2.13. The van der Waals surface area contributed by atoms with Crippen LogP contribution in [0.1, 0.15) is 39.0 Å². The summed E-state index contributed by atoms with van der Waals surface area (Å²) in [6.07, 6.45) is 3.69. The van der Waals surface area contributed by atoms with Crippen LogP contribution in [0.5, 0.6) is 0 Å². The van der Waals surface area contributed by atoms with E-state index in [1.54, 1.807) is 0 Å². The summed E-state index contributed by atoms with van der Waals surface area (Å²) in [5.41, 5.74) is 5.45. The van der Waals surface area contributed by atoms with Gasteiger partial charge in [0.2, 0.25) is 11.8 Å². The maximum Gasteiger partial charge on any atom is 0.224 e. The zero-order valence-electron chi connectivity index (χ0n) is 13.0. The number of nitrogens with one attached hydrogen (secondary N) is 2. The van der Waals surface area contributed by atoms with Crippen LogP contribution in [-0.2, 0) is 9.59 Å². The summed E-state index contributed by atoms with van der Waals surface area (Å²) in [6.45, 7) is 1.87. The Morgan fingerprint density at radius 1 is 1.00 bits per heavy atom. The van der Waals surface area contributed by atoms with Crippen LogP contribution in [-0.4, -0.2) is 18.4 Å². The number of benzene rings is 1. The van der Waals surface area contributed by atoms with Gasteiger partial charge in [-0.15, -0.1) is 12.4 Å². The standard InChI is InChI=1S/C15H21F2N3O2.ClH/c1-10(21)19-13-8-11(16)12(17)9-14(13)20-15(22)6-4-2-3-5-7-18;/h8-9H,2-7,18H2,1H3,(H,19,21)(H,20,22);1H. The summed E-state index contributed by atoms with van der Waals surface area (Å²) in [4.78, 5) is 22.9. The number of hydrogen-bond donors (Lipinski definition) is 3. The number of nitrogens with two attached hydrogens (primary N) is 1. The van der Waals surface area contributed by atoms with Crippen molar-refractivity contribution in [3.05, 3.63) is 23.8 Å². The van der Waals surface area contributed by atoms with E-state index in [9.17, 15) is 18.4 Å². The Morgan fingerprint density at radius 2 is 1.52 bits per heavy atom. The third-order valence-corrected chi connectivity index (χ3v) is 3.00. The second-order valence-corrected chi connectivity index (χ2v) is 4.99. The van der Waals surface area contributed by atoms with Crippen LogP contribution < -0.4 is 16.4 Å². The van der Waals surface area contributed by atoms with Gasteiger partial charge in [0.05, 0.1) is 11.4 Å². The minimum atomic E-state index is -1.09. The average Bonchev–Trinajstić information content (AvgIpc) is 2.43. The molecule has 0 radical (unpaired) electrons. The lowest BCUT2D eigenvalue weighted by Gasteiger charge is -2.12. The Hall–Kier alpha value is -1.73. The van der Waals surface area contributed by atoms with E-state index in [4.69, 9.17) is 5.73 Å². The van der Waals surface area contributed by atoms with E-state index in [-0.39, 0.29) is 36.1 Å². The van der Waals surface area contributed by atoms with Crippen molar-refractivity contribution >= 4 is 35.6 Å². The van der Waals surface area contributed by atoms with E-state index in [0.29, 0.717) is 13.0 Å². The Bertz CT molecular complexity index is 542. The summed E-state index contributed by atoms with van der Waals surface area (Å²) in [7, 11) is 0. The van der Waals surface area contributed by atoms with Crippen LogP contribution in [0.4, 0.5) is 20.2 Å². The van der Waals surface area contributed by atoms with Gasteiger partial charge in [-0.1, -0.05) is 12.8 Å². The molecule has 0 atom stereocenters. The number of anilines is 2. The third kappa shape index (κ3) is 7.90. The van der Waals surface area contributed by atoms with E-state index >= 15 is 0 Å². The third-order valence-electron chi connectivity index (χ3n) is 3.00. The lowest BCUT2D eigenvalue weighted by Crippen LogP contribution is -2.15. The maximum atomic E-state index is 13.3. The van der Waals surface area contributed by atoms with Crippen LogP contribution in [0, 0.1) is 11.6 Å². The molecule has 0 aromatic heterocycles. The van der Waals surface area contributed by atoms with Crippen molar-refractivity contribution < 1.29 is 18.4 Å². The quantitative estimate of drug-likeness (QED) is 0.630. The molecular formula is C15H22ClF2N3O2. The molecule has 5 nitrogen and oxygen atoms in total. The number of carbonyl (C=O) groups excluding carboxylic acids is 2. The molecular weight excluding hydrogens is 328 g/mol. The molecule has 0 unspecified atom stereocenters. The molecule has 8 heteroatoms. The first kappa shape index (κ1) is 21.3. The molecule has 0 spiro atoms. The van der Waals surface area contributed by atoms with Gasteiger partial charge in [-0.2, -0.15) is 0 Å². The predicted octanol–water partition coefficient (Wildman–Crippen LogP) is 3.19. The second-order valence-electron chi connectivity index (χ2n) is 4.99. The molecule has 1 aromatic rings. The van der Waals surface area contributed by atoms with Crippen LogP contribution in [0.3, 0.4) is 0 Å². The molecule has 0 fully saturated rings. The van der Waals surface area contributed by atoms with Crippen molar-refractivity contribution in [1.82, 2.24) is 0 Å². The van der Waals surface area contributed by atoms with E-state index in [2.05, 4.69) is 10.6 Å². The van der Waals surface area contributed by atoms with Gasteiger partial charge >= 0.3 is 0 Å². The van der Waals surface area contributed by atoms with Crippen molar-refractivity contribution in [1.29, 1.82) is 0 Å². The summed E-state index contributed by atoms with van der Waals surface area (Å²) in [5.74, 6) is -2.94. The van der Waals surface area contributed by atoms with Crippen LogP contribution >= 0.6 is 12.4 Å². The molecule has 0 saturated heterocycles. The highest BCUT2D eigenvalue weighted by molar-refractivity contribution is 5.98. The van der Waals surface area contributed by atoms with Gasteiger partial charge in [0.25, 0.3) is 0 Å². The van der Waals surface area contributed by atoms with E-state index in [0.717, 1.165) is 31.4 Å². The summed E-state index contributed by atoms with van der Waals surface area (Å²) < 4.78 is 26.5. The van der Waals surface area contributed by atoms with E-state index < -0.39 is 17.5 Å². The minimum Gasteiger partial charge on any atom is -0.330 e. The first-order chi connectivity index (χ1) is 10.4. The van der Waals surface area contributed by atoms with Crippen LogP contribution in [0.25, 0.3) is 0 Å². The number of carbonyl (C=O) groups is 2. The van der Waals surface area contributed by atoms with Crippen molar-refractivity contribution in [2.75, 3.05) is 17.2 Å². The van der Waals surface area contributed by atoms with Gasteiger partial charge in [0.1, 0.15) is 0 Å². The SMILES string of the molecule is CC(=O)Nc1cc(F)c(F)cc1NC(=O)CCCCCCN.Cl. The maximum absolute atomic E-state index is 13.3. The van der Waals surface area contributed by atoms with Crippen molar-refractivity contribution in [3.63, 3.8) is 0 Å². The highest BCUT2D eigenvalue weighted by atomic mass is 35.5. The number of halogens is 3. The summed E-state index contributed by atoms with van der Waals surface area (Å²) in [5, 5.41) is 4.85. The normalized spacial score (nSPS) is 9.91. The fraction of sp³-hybridized carbons (Fsp3) is 0.467. The largest absolute Gasteiger partial charge is 0.330 e. The van der Waals surface area contributed by atoms with Crippen LogP contribution in [0.15, 0.2) is 12.1 Å². The molecule has 4 N–H and O–H groups in total. The van der Waals surface area contributed by atoms with Gasteiger partial charge in [-0.05, 0) is 19.4 Å².